The lowest BCUT2D eigenvalue weighted by atomic mass is 10.6. The Hall–Kier alpha value is -2.64. The number of primary amides is 1. The molecule has 3 N–H and O–H groups in total. The van der Waals surface area contributed by atoms with E-state index in [1.54, 1.807) is 6.92 Å². The Morgan fingerprint density at radius 3 is 2.06 bits per heavy atom. The van der Waals surface area contributed by atoms with E-state index in [4.69, 9.17) is 0 Å². The van der Waals surface area contributed by atoms with E-state index in [1.807, 2.05) is 5.32 Å². The zero-order valence-corrected chi connectivity index (χ0v) is 9.80. The molecule has 0 aliphatic rings. The van der Waals surface area contributed by atoms with Crippen LogP contribution in [-0.2, 0) is 19.1 Å². The Morgan fingerprint density at radius 2 is 1.78 bits per heavy atom. The van der Waals surface area contributed by atoms with Crippen LogP contribution in [0.3, 0.4) is 0 Å². The fraction of sp³-hybridized carbons (Fsp3) is 0.200. The van der Waals surface area contributed by atoms with Gasteiger partial charge in [0.25, 0.3) is 5.91 Å². The third-order valence-corrected chi connectivity index (χ3v) is 1.05. The van der Waals surface area contributed by atoms with Crippen molar-refractivity contribution in [3.63, 3.8) is 0 Å². The highest BCUT2D eigenvalue weighted by Gasteiger charge is 2.02. The highest BCUT2D eigenvalue weighted by molar-refractivity contribution is 5.98. The van der Waals surface area contributed by atoms with Crippen molar-refractivity contribution in [2.24, 2.45) is 5.73 Å². The molecule has 0 saturated carbocycles. The number of carbonyl (C=O) groups excluding carboxylic acids is 4. The van der Waals surface area contributed by atoms with Crippen LogP contribution in [0.5, 0.6) is 0 Å². The van der Waals surface area contributed by atoms with E-state index in [2.05, 4.69) is 28.4 Å². The summed E-state index contributed by atoms with van der Waals surface area (Å²) in [6.07, 6.45) is -0.0101. The van der Waals surface area contributed by atoms with Crippen molar-refractivity contribution in [1.29, 1.82) is 0 Å². The average Bonchev–Trinajstić information content (AvgIpc) is 2.29. The molecular weight excluding hydrogens is 244 g/mol. The normalized spacial score (nSPS) is 7.83. The fourth-order valence-electron chi connectivity index (χ4n) is 0.460. The Balaban J connectivity index is 0. The highest BCUT2D eigenvalue weighted by atomic mass is 16.6. The third kappa shape index (κ3) is 13.4. The number of alkyl carbamates (subject to hydrolysis) is 1. The summed E-state index contributed by atoms with van der Waals surface area (Å²) in [5.41, 5.74) is 4.44. The molecule has 0 unspecified atom stereocenters. The van der Waals surface area contributed by atoms with Gasteiger partial charge in [-0.05, 0) is 13.0 Å². The Bertz CT molecular complexity index is 350. The molecule has 0 aromatic heterocycles. The van der Waals surface area contributed by atoms with E-state index in [0.29, 0.717) is 0 Å². The number of carbonyl (C=O) groups is 4. The molecule has 0 spiro atoms. The molecule has 0 aliphatic heterocycles. The van der Waals surface area contributed by atoms with Crippen LogP contribution in [0.25, 0.3) is 0 Å². The first kappa shape index (κ1) is 17.7. The van der Waals surface area contributed by atoms with Crippen molar-refractivity contribution >= 4 is 24.1 Å². The fourth-order valence-corrected chi connectivity index (χ4v) is 0.460. The molecule has 0 radical (unpaired) electrons. The number of rotatable bonds is 3. The smallest absolute Gasteiger partial charge is 0.414 e. The number of amides is 3. The van der Waals surface area contributed by atoms with Crippen LogP contribution >= 0.6 is 0 Å². The van der Waals surface area contributed by atoms with Gasteiger partial charge in [-0.1, -0.05) is 13.2 Å². The summed E-state index contributed by atoms with van der Waals surface area (Å²) in [7, 11) is 0. The first-order valence-corrected chi connectivity index (χ1v) is 4.61. The highest BCUT2D eigenvalue weighted by Crippen LogP contribution is 1.76. The van der Waals surface area contributed by atoms with Gasteiger partial charge >= 0.3 is 18.2 Å². The summed E-state index contributed by atoms with van der Waals surface area (Å²) < 4.78 is 8.18. The van der Waals surface area contributed by atoms with Crippen LogP contribution in [0.1, 0.15) is 6.92 Å². The zero-order chi connectivity index (χ0) is 14.6. The number of hydrogen-bond acceptors (Lipinski definition) is 6. The van der Waals surface area contributed by atoms with Crippen molar-refractivity contribution < 1.29 is 28.7 Å². The molecule has 0 aromatic carbocycles. The molecule has 8 nitrogen and oxygen atoms in total. The van der Waals surface area contributed by atoms with Crippen LogP contribution in [-0.4, -0.2) is 30.7 Å². The van der Waals surface area contributed by atoms with Crippen LogP contribution in [0.15, 0.2) is 25.3 Å². The predicted octanol–water partition coefficient (Wildman–Crippen LogP) is 0.239. The zero-order valence-electron chi connectivity index (χ0n) is 9.80. The molecule has 0 heterocycles. The first-order valence-electron chi connectivity index (χ1n) is 4.61. The van der Waals surface area contributed by atoms with Gasteiger partial charge in [-0.3, -0.25) is 10.1 Å². The topological polar surface area (TPSA) is 125 Å². The van der Waals surface area contributed by atoms with E-state index in [1.165, 1.54) is 0 Å². The number of ether oxygens (including phenoxy) is 2. The van der Waals surface area contributed by atoms with Crippen LogP contribution in [0.2, 0.25) is 0 Å². The van der Waals surface area contributed by atoms with Gasteiger partial charge in [0.1, 0.15) is 0 Å². The second-order valence-electron chi connectivity index (χ2n) is 2.36. The third-order valence-electron chi connectivity index (χ3n) is 1.05. The Morgan fingerprint density at radius 1 is 1.22 bits per heavy atom. The lowest BCUT2D eigenvalue weighted by Gasteiger charge is -1.99. The largest absolute Gasteiger partial charge is 0.450 e. The van der Waals surface area contributed by atoms with Gasteiger partial charge in [0.05, 0.1) is 6.61 Å². The SMILES string of the molecule is C=CC(=O)NC(=O)OCC.C=CC(=O)OC(N)=O. The lowest BCUT2D eigenvalue weighted by molar-refractivity contribution is -0.131. The van der Waals surface area contributed by atoms with Gasteiger partial charge in [-0.25, -0.2) is 14.4 Å². The van der Waals surface area contributed by atoms with E-state index in [0.717, 1.165) is 12.2 Å². The van der Waals surface area contributed by atoms with Gasteiger partial charge in [-0.15, -0.1) is 0 Å². The molecule has 0 rings (SSSR count). The molecule has 0 fully saturated rings. The molecule has 18 heavy (non-hydrogen) atoms. The van der Waals surface area contributed by atoms with Crippen LogP contribution in [0.4, 0.5) is 9.59 Å². The number of imide groups is 1. The number of esters is 1. The minimum atomic E-state index is -1.12. The summed E-state index contributed by atoms with van der Waals surface area (Å²) in [6.45, 7) is 8.08. The quantitative estimate of drug-likeness (QED) is 0.424. The average molecular weight is 258 g/mol. The maximum Gasteiger partial charge on any atom is 0.414 e. The van der Waals surface area contributed by atoms with E-state index >= 15 is 0 Å². The van der Waals surface area contributed by atoms with Crippen molar-refractivity contribution in [2.75, 3.05) is 6.61 Å². The molecule has 3 amide bonds. The molecule has 8 heteroatoms. The summed E-state index contributed by atoms with van der Waals surface area (Å²) in [4.78, 5) is 40.5. The molecule has 0 aliphatic carbocycles. The van der Waals surface area contributed by atoms with Gasteiger partial charge in [0.15, 0.2) is 0 Å². The summed E-state index contributed by atoms with van der Waals surface area (Å²) >= 11 is 0. The van der Waals surface area contributed by atoms with Crippen molar-refractivity contribution in [3.05, 3.63) is 25.3 Å². The number of nitrogens with two attached hydrogens (primary N) is 1. The molecule has 100 valence electrons. The summed E-state index contributed by atoms with van der Waals surface area (Å²) in [5, 5.41) is 1.91. The van der Waals surface area contributed by atoms with Crippen molar-refractivity contribution in [3.8, 4) is 0 Å². The standard InChI is InChI=1S/C6H9NO3.C4H5NO3/c1-3-5(8)7-6(9)10-4-2;1-2-3(6)8-4(5)7/h3H,1,4H2,2H3,(H,7,8,9);2H,1H2,(H2,5,7). The lowest BCUT2D eigenvalue weighted by Crippen LogP contribution is -2.29. The van der Waals surface area contributed by atoms with Crippen LogP contribution < -0.4 is 11.1 Å². The maximum absolute atomic E-state index is 10.4. The van der Waals surface area contributed by atoms with Gasteiger partial charge in [0, 0.05) is 6.08 Å². The molecule has 0 aromatic rings. The minimum absolute atomic E-state index is 0.246. The van der Waals surface area contributed by atoms with Crippen LogP contribution in [0, 0.1) is 0 Å². The molecule has 0 bridgehead atoms. The maximum atomic E-state index is 10.4. The summed E-state index contributed by atoms with van der Waals surface area (Å²) in [5.74, 6) is -1.39. The van der Waals surface area contributed by atoms with Crippen molar-refractivity contribution in [2.45, 2.75) is 6.92 Å². The van der Waals surface area contributed by atoms with E-state index in [9.17, 15) is 19.2 Å². The van der Waals surface area contributed by atoms with Gasteiger partial charge in [0.2, 0.25) is 0 Å². The second kappa shape index (κ2) is 10.9. The minimum Gasteiger partial charge on any atom is -0.450 e. The van der Waals surface area contributed by atoms with Gasteiger partial charge in [-0.2, -0.15) is 0 Å². The number of nitrogens with one attached hydrogen (secondary N) is 1. The van der Waals surface area contributed by atoms with Gasteiger partial charge < -0.3 is 15.2 Å². The molecular formula is C10H14N2O6. The Kier molecular flexibility index (Phi) is 10.7. The monoisotopic (exact) mass is 258 g/mol. The van der Waals surface area contributed by atoms with E-state index < -0.39 is 24.1 Å². The number of hydrogen-bond donors (Lipinski definition) is 2. The summed E-state index contributed by atoms with van der Waals surface area (Å²) in [6, 6.07) is 0. The molecule has 0 atom stereocenters. The molecule has 0 saturated heterocycles. The van der Waals surface area contributed by atoms with E-state index in [-0.39, 0.29) is 6.61 Å². The van der Waals surface area contributed by atoms with Crippen molar-refractivity contribution in [1.82, 2.24) is 5.32 Å². The predicted molar refractivity (Wildman–Crippen MR) is 61.2 cm³/mol. The Labute approximate surface area is 103 Å². The second-order valence-corrected chi connectivity index (χ2v) is 2.36. The first-order chi connectivity index (χ1) is 8.37.